The predicted molar refractivity (Wildman–Crippen MR) is 91.0 cm³/mol. The maximum atomic E-state index is 12.9. The van der Waals surface area contributed by atoms with Crippen molar-refractivity contribution < 1.29 is 9.59 Å². The smallest absolute Gasteiger partial charge is 0.235 e. The van der Waals surface area contributed by atoms with Gasteiger partial charge >= 0.3 is 0 Å². The van der Waals surface area contributed by atoms with Crippen LogP contribution < -0.4 is 5.32 Å². The number of amides is 2. The lowest BCUT2D eigenvalue weighted by Gasteiger charge is -2.37. The molecule has 1 heterocycles. The van der Waals surface area contributed by atoms with Crippen molar-refractivity contribution in [2.75, 3.05) is 12.0 Å². The minimum absolute atomic E-state index is 0.0347. The summed E-state index contributed by atoms with van der Waals surface area (Å²) in [7, 11) is 0. The summed E-state index contributed by atoms with van der Waals surface area (Å²) < 4.78 is 0. The summed E-state index contributed by atoms with van der Waals surface area (Å²) >= 11 is 0. The summed E-state index contributed by atoms with van der Waals surface area (Å²) in [5, 5.41) is 3.30. The number of rotatable bonds is 3. The van der Waals surface area contributed by atoms with Crippen molar-refractivity contribution in [2.24, 2.45) is 35.5 Å². The fraction of sp³-hybridized carbons (Fsp3) is 0.500. The van der Waals surface area contributed by atoms with Crippen LogP contribution in [0.25, 0.3) is 0 Å². The Balaban J connectivity index is 1.38. The summed E-state index contributed by atoms with van der Waals surface area (Å²) in [4.78, 5) is 27.3. The summed E-state index contributed by atoms with van der Waals surface area (Å²) in [6.45, 7) is 4.36. The maximum Gasteiger partial charge on any atom is 0.235 e. The quantitative estimate of drug-likeness (QED) is 0.688. The van der Waals surface area contributed by atoms with E-state index in [9.17, 15) is 9.59 Å². The summed E-state index contributed by atoms with van der Waals surface area (Å²) in [5.41, 5.74) is 3.28. The maximum absolute atomic E-state index is 12.9. The zero-order valence-electron chi connectivity index (χ0n) is 14.0. The van der Waals surface area contributed by atoms with Crippen LogP contribution in [-0.2, 0) is 9.59 Å². The molecule has 124 valence electrons. The first-order valence-electron chi connectivity index (χ1n) is 8.91. The SMILES string of the molecule is Cc1ccc(C)c(NCN2C(=O)[C@@H]3[C@H]4C=C[C@@H]([C@@H]5C[C@@H]45)[C@@H]3C2=O)c1. The lowest BCUT2D eigenvalue weighted by Crippen LogP contribution is -2.40. The highest BCUT2D eigenvalue weighted by Gasteiger charge is 2.66. The lowest BCUT2D eigenvalue weighted by molar-refractivity contribution is -0.139. The topological polar surface area (TPSA) is 49.4 Å². The van der Waals surface area contributed by atoms with Crippen LogP contribution in [0.2, 0.25) is 0 Å². The van der Waals surface area contributed by atoms with Crippen LogP contribution in [0, 0.1) is 49.4 Å². The molecule has 5 aliphatic rings. The fourth-order valence-corrected chi connectivity index (χ4v) is 5.27. The Morgan fingerprint density at radius 2 is 1.67 bits per heavy atom. The Kier molecular flexibility index (Phi) is 2.80. The van der Waals surface area contributed by atoms with Gasteiger partial charge in [0.25, 0.3) is 0 Å². The highest BCUT2D eigenvalue weighted by molar-refractivity contribution is 6.06. The second-order valence-corrected chi connectivity index (χ2v) is 7.91. The van der Waals surface area contributed by atoms with Crippen LogP contribution in [0.4, 0.5) is 5.69 Å². The molecule has 4 heteroatoms. The zero-order chi connectivity index (χ0) is 16.6. The van der Waals surface area contributed by atoms with Gasteiger partial charge in [0.1, 0.15) is 0 Å². The predicted octanol–water partition coefficient (Wildman–Crippen LogP) is 2.73. The van der Waals surface area contributed by atoms with E-state index in [0.29, 0.717) is 23.7 Å². The van der Waals surface area contributed by atoms with E-state index in [1.54, 1.807) is 0 Å². The molecule has 1 aliphatic heterocycles. The molecule has 4 aliphatic carbocycles. The second kappa shape index (κ2) is 4.71. The molecule has 2 bridgehead atoms. The lowest BCUT2D eigenvalue weighted by atomic mass is 9.63. The van der Waals surface area contributed by atoms with Crippen molar-refractivity contribution in [1.82, 2.24) is 4.90 Å². The van der Waals surface area contributed by atoms with Gasteiger partial charge in [0.05, 0.1) is 18.5 Å². The number of nitrogens with one attached hydrogen (secondary N) is 1. The van der Waals surface area contributed by atoms with E-state index in [4.69, 9.17) is 0 Å². The number of imide groups is 1. The highest BCUT2D eigenvalue weighted by atomic mass is 16.2. The normalized spacial score (nSPS) is 38.3. The minimum atomic E-state index is -0.100. The van der Waals surface area contributed by atoms with Crippen molar-refractivity contribution in [3.63, 3.8) is 0 Å². The van der Waals surface area contributed by atoms with E-state index >= 15 is 0 Å². The molecule has 1 aromatic carbocycles. The summed E-state index contributed by atoms with van der Waals surface area (Å²) in [6, 6.07) is 6.19. The van der Waals surface area contributed by atoms with E-state index in [1.807, 2.05) is 13.8 Å². The summed E-state index contributed by atoms with van der Waals surface area (Å²) in [5.74, 6) is 1.78. The number of nitrogens with zero attached hydrogens (tertiary/aromatic N) is 1. The third-order valence-electron chi connectivity index (χ3n) is 6.57. The molecule has 4 nitrogen and oxygen atoms in total. The number of anilines is 1. The van der Waals surface area contributed by atoms with Gasteiger partial charge in [-0.3, -0.25) is 14.5 Å². The molecule has 1 saturated heterocycles. The molecule has 2 amide bonds. The molecule has 0 aromatic heterocycles. The standard InChI is InChI=1S/C20H22N2O2/c1-10-3-4-11(2)16(7-10)21-9-22-19(23)17-12-5-6-13(15-8-14(12)15)18(17)20(22)24/h3-7,12-15,17-18,21H,8-9H2,1-2H3/t12-,13-,14-,15-,17-,18+/m0/s1. The van der Waals surface area contributed by atoms with Crippen molar-refractivity contribution in [2.45, 2.75) is 20.3 Å². The molecule has 3 fully saturated rings. The molecule has 0 spiro atoms. The fourth-order valence-electron chi connectivity index (χ4n) is 5.27. The molecule has 1 aromatic rings. The van der Waals surface area contributed by atoms with Crippen molar-refractivity contribution >= 4 is 17.5 Å². The molecule has 0 radical (unpaired) electrons. The Morgan fingerprint density at radius 3 is 2.29 bits per heavy atom. The van der Waals surface area contributed by atoms with Gasteiger partial charge in [-0.1, -0.05) is 24.3 Å². The van der Waals surface area contributed by atoms with E-state index < -0.39 is 0 Å². The van der Waals surface area contributed by atoms with Crippen molar-refractivity contribution in [3.05, 3.63) is 41.5 Å². The van der Waals surface area contributed by atoms with Crippen molar-refractivity contribution in [1.29, 1.82) is 0 Å². The number of allylic oxidation sites excluding steroid dienone is 2. The van der Waals surface area contributed by atoms with Crippen LogP contribution in [0.5, 0.6) is 0 Å². The first-order chi connectivity index (χ1) is 11.6. The van der Waals surface area contributed by atoms with Gasteiger partial charge in [-0.25, -0.2) is 0 Å². The van der Waals surface area contributed by atoms with Crippen LogP contribution >= 0.6 is 0 Å². The Hall–Kier alpha value is -2.10. The van der Waals surface area contributed by atoms with Crippen LogP contribution in [0.1, 0.15) is 17.5 Å². The number of hydrogen-bond acceptors (Lipinski definition) is 3. The Morgan fingerprint density at radius 1 is 1.04 bits per heavy atom. The number of carbonyl (C=O) groups excluding carboxylic acids is 2. The summed E-state index contributed by atoms with van der Waals surface area (Å²) in [6.07, 6.45) is 5.64. The average Bonchev–Trinajstić information content (AvgIpc) is 3.35. The van der Waals surface area contributed by atoms with Crippen LogP contribution in [0.15, 0.2) is 30.4 Å². The number of aryl methyl sites for hydroxylation is 2. The van der Waals surface area contributed by atoms with Gasteiger partial charge < -0.3 is 5.32 Å². The molecule has 1 N–H and O–H groups in total. The van der Waals surface area contributed by atoms with Gasteiger partial charge in [-0.15, -0.1) is 0 Å². The largest absolute Gasteiger partial charge is 0.367 e. The molecule has 0 unspecified atom stereocenters. The first-order valence-corrected chi connectivity index (χ1v) is 8.91. The van der Waals surface area contributed by atoms with Crippen molar-refractivity contribution in [3.8, 4) is 0 Å². The monoisotopic (exact) mass is 322 g/mol. The zero-order valence-corrected chi connectivity index (χ0v) is 14.0. The minimum Gasteiger partial charge on any atom is -0.367 e. The van der Waals surface area contributed by atoms with E-state index in [1.165, 1.54) is 11.3 Å². The molecule has 6 atom stereocenters. The molecular formula is C20H22N2O2. The second-order valence-electron chi connectivity index (χ2n) is 7.91. The van der Waals surface area contributed by atoms with E-state index in [2.05, 4.69) is 35.7 Å². The van der Waals surface area contributed by atoms with Gasteiger partial charge in [0.15, 0.2) is 0 Å². The number of likely N-dealkylation sites (tertiary alicyclic amines) is 1. The van der Waals surface area contributed by atoms with Gasteiger partial charge in [-0.2, -0.15) is 0 Å². The van der Waals surface area contributed by atoms with E-state index in [0.717, 1.165) is 16.8 Å². The molecular weight excluding hydrogens is 300 g/mol. The number of carbonyl (C=O) groups is 2. The number of benzene rings is 1. The molecule has 2 saturated carbocycles. The Bertz CT molecular complexity index is 748. The Labute approximate surface area is 141 Å². The van der Waals surface area contributed by atoms with Gasteiger partial charge in [-0.05, 0) is 61.1 Å². The molecule has 6 rings (SSSR count). The number of hydrogen-bond donors (Lipinski definition) is 1. The van der Waals surface area contributed by atoms with Gasteiger partial charge in [0.2, 0.25) is 11.8 Å². The first kappa shape index (κ1) is 14.3. The highest BCUT2D eigenvalue weighted by Crippen LogP contribution is 2.65. The van der Waals surface area contributed by atoms with Crippen LogP contribution in [0.3, 0.4) is 0 Å². The van der Waals surface area contributed by atoms with Gasteiger partial charge in [0, 0.05) is 5.69 Å². The van der Waals surface area contributed by atoms with Crippen LogP contribution in [-0.4, -0.2) is 23.4 Å². The average molecular weight is 322 g/mol. The molecule has 24 heavy (non-hydrogen) atoms. The van der Waals surface area contributed by atoms with E-state index in [-0.39, 0.29) is 30.3 Å². The third kappa shape index (κ3) is 1.80. The third-order valence-corrected chi connectivity index (χ3v) is 6.57.